The van der Waals surface area contributed by atoms with Crippen LogP contribution in [0.1, 0.15) is 24.0 Å². The molecule has 0 saturated heterocycles. The van der Waals surface area contributed by atoms with Crippen LogP contribution in [0.2, 0.25) is 5.02 Å². The lowest BCUT2D eigenvalue weighted by atomic mass is 10.00. The molecule has 1 aliphatic rings. The average molecular weight is 458 g/mol. The Hall–Kier alpha value is -3.10. The largest absolute Gasteiger partial charge is 0.464 e. The molecule has 0 radical (unpaired) electrons. The third kappa shape index (κ3) is 5.77. The summed E-state index contributed by atoms with van der Waals surface area (Å²) in [7, 11) is 5.23. The van der Waals surface area contributed by atoms with Crippen molar-refractivity contribution in [2.24, 2.45) is 15.1 Å². The van der Waals surface area contributed by atoms with Gasteiger partial charge in [-0.2, -0.15) is 5.10 Å². The lowest BCUT2D eigenvalue weighted by Gasteiger charge is -2.10. The number of hydrogen-bond donors (Lipinski definition) is 1. The maximum absolute atomic E-state index is 14.5. The molecule has 0 aliphatic carbocycles. The molecule has 7 nitrogen and oxygen atoms in total. The lowest BCUT2D eigenvalue weighted by Crippen LogP contribution is -2.26. The first-order valence-electron chi connectivity index (χ1n) is 10.1. The number of carbonyl (C=O) groups is 1. The van der Waals surface area contributed by atoms with Crippen LogP contribution < -0.4 is 5.43 Å². The second kappa shape index (κ2) is 11.0. The van der Waals surface area contributed by atoms with E-state index in [2.05, 4.69) is 20.5 Å². The van der Waals surface area contributed by atoms with Crippen LogP contribution in [0.25, 0.3) is 0 Å². The highest BCUT2D eigenvalue weighted by Gasteiger charge is 2.21. The number of nitrogens with zero attached hydrogens (tertiary/aromatic N) is 4. The van der Waals surface area contributed by atoms with Crippen LogP contribution in [0.4, 0.5) is 10.1 Å². The van der Waals surface area contributed by atoms with Gasteiger partial charge >= 0.3 is 5.97 Å². The molecule has 9 heteroatoms. The number of rotatable bonds is 7. The number of nitrogens with one attached hydrogen (secondary N) is 1. The standard InChI is InChI=1S/C23H25ClFN5O2/c1-30(2)13-7-12-19(23(31)32-3)28-29-20-14-26-22(15-8-4-5-10-17(15)25)21-16(24)9-6-11-18(21)27-20/h4-6,8-11H,7,12-14H2,1-3H3,(H,27,29). The van der Waals surface area contributed by atoms with Crippen LogP contribution in [-0.4, -0.2) is 62.4 Å². The summed E-state index contributed by atoms with van der Waals surface area (Å²) in [6.07, 6.45) is 1.18. The van der Waals surface area contributed by atoms with Gasteiger partial charge in [0.15, 0.2) is 0 Å². The van der Waals surface area contributed by atoms with Crippen LogP contribution in [0.3, 0.4) is 0 Å². The molecule has 1 heterocycles. The summed E-state index contributed by atoms with van der Waals surface area (Å²) in [6, 6.07) is 11.6. The van der Waals surface area contributed by atoms with Gasteiger partial charge in [-0.25, -0.2) is 14.2 Å². The molecule has 2 aromatic rings. The number of ether oxygens (including phenoxy) is 1. The van der Waals surface area contributed by atoms with Crippen LogP contribution >= 0.6 is 11.6 Å². The summed E-state index contributed by atoms with van der Waals surface area (Å²) in [4.78, 5) is 23.3. The molecule has 1 aliphatic heterocycles. The van der Waals surface area contributed by atoms with Crippen LogP contribution in [0, 0.1) is 5.82 Å². The monoisotopic (exact) mass is 457 g/mol. The Morgan fingerprint density at radius 1 is 1.25 bits per heavy atom. The summed E-state index contributed by atoms with van der Waals surface area (Å²) in [6.45, 7) is 0.906. The van der Waals surface area contributed by atoms with Gasteiger partial charge in [-0.15, -0.1) is 0 Å². The van der Waals surface area contributed by atoms with E-state index in [0.717, 1.165) is 13.0 Å². The quantitative estimate of drug-likeness (QED) is 0.389. The molecule has 0 bridgehead atoms. The number of carbonyl (C=O) groups excluding carboxylic acids is 1. The van der Waals surface area contributed by atoms with Crippen molar-refractivity contribution in [1.82, 2.24) is 10.3 Å². The summed E-state index contributed by atoms with van der Waals surface area (Å²) in [5.74, 6) is -0.515. The Balaban J connectivity index is 1.93. The molecule has 168 valence electrons. The highest BCUT2D eigenvalue weighted by Crippen LogP contribution is 2.32. The van der Waals surface area contributed by atoms with E-state index in [0.29, 0.717) is 39.8 Å². The third-order valence-corrected chi connectivity index (χ3v) is 5.07. The zero-order chi connectivity index (χ0) is 23.1. The van der Waals surface area contributed by atoms with Crippen molar-refractivity contribution >= 4 is 40.5 Å². The molecule has 0 saturated carbocycles. The van der Waals surface area contributed by atoms with E-state index in [1.807, 2.05) is 19.0 Å². The molecule has 0 aromatic heterocycles. The molecule has 0 fully saturated rings. The Morgan fingerprint density at radius 3 is 2.75 bits per heavy atom. The zero-order valence-electron chi connectivity index (χ0n) is 18.2. The van der Waals surface area contributed by atoms with Crippen molar-refractivity contribution in [3.8, 4) is 0 Å². The summed E-state index contributed by atoms with van der Waals surface area (Å²) < 4.78 is 19.4. The van der Waals surface area contributed by atoms with Crippen LogP contribution in [0.5, 0.6) is 0 Å². The smallest absolute Gasteiger partial charge is 0.354 e. The number of halogens is 2. The normalized spacial score (nSPS) is 13.8. The van der Waals surface area contributed by atoms with E-state index in [1.54, 1.807) is 36.4 Å². The number of esters is 1. The predicted molar refractivity (Wildman–Crippen MR) is 126 cm³/mol. The van der Waals surface area contributed by atoms with Crippen LogP contribution in [-0.2, 0) is 9.53 Å². The van der Waals surface area contributed by atoms with Gasteiger partial charge in [0.05, 0.1) is 30.1 Å². The summed E-state index contributed by atoms with van der Waals surface area (Å²) in [5.41, 5.74) is 4.91. The van der Waals surface area contributed by atoms with Gasteiger partial charge < -0.3 is 9.64 Å². The Kier molecular flexibility index (Phi) is 8.08. The van der Waals surface area contributed by atoms with Gasteiger partial charge in [-0.05, 0) is 51.3 Å². The third-order valence-electron chi connectivity index (χ3n) is 4.76. The van der Waals surface area contributed by atoms with Crippen molar-refractivity contribution in [2.45, 2.75) is 12.8 Å². The van der Waals surface area contributed by atoms with Gasteiger partial charge in [0.1, 0.15) is 17.4 Å². The van der Waals surface area contributed by atoms with Crippen LogP contribution in [0.15, 0.2) is 57.6 Å². The molecule has 3 rings (SSSR count). The number of aliphatic imine (C=N–C) groups is 2. The number of benzene rings is 2. The Morgan fingerprint density at radius 2 is 2.03 bits per heavy atom. The molecule has 0 atom stereocenters. The fraction of sp³-hybridized carbons (Fsp3) is 0.304. The van der Waals surface area contributed by atoms with E-state index < -0.39 is 11.8 Å². The van der Waals surface area contributed by atoms with Gasteiger partial charge in [0.2, 0.25) is 0 Å². The molecule has 1 N–H and O–H groups in total. The molecule has 0 spiro atoms. The van der Waals surface area contributed by atoms with E-state index in [4.69, 9.17) is 16.3 Å². The minimum Gasteiger partial charge on any atom is -0.464 e. The lowest BCUT2D eigenvalue weighted by molar-refractivity contribution is -0.132. The van der Waals surface area contributed by atoms with E-state index in [9.17, 15) is 9.18 Å². The zero-order valence-corrected chi connectivity index (χ0v) is 19.0. The molecular weight excluding hydrogens is 433 g/mol. The molecule has 2 aromatic carbocycles. The fourth-order valence-corrected chi connectivity index (χ4v) is 3.46. The number of amidine groups is 1. The highest BCUT2D eigenvalue weighted by molar-refractivity contribution is 6.37. The van der Waals surface area contributed by atoms with Crippen molar-refractivity contribution in [2.75, 3.05) is 34.3 Å². The molecule has 0 unspecified atom stereocenters. The van der Waals surface area contributed by atoms with Gasteiger partial charge in [0, 0.05) is 17.5 Å². The number of hydrazone groups is 1. The van der Waals surface area contributed by atoms with Crippen molar-refractivity contribution in [3.05, 3.63) is 64.4 Å². The minimum atomic E-state index is -0.510. The van der Waals surface area contributed by atoms with Crippen molar-refractivity contribution in [1.29, 1.82) is 0 Å². The molecular formula is C23H25ClFN5O2. The molecule has 32 heavy (non-hydrogen) atoms. The minimum absolute atomic E-state index is 0.102. The topological polar surface area (TPSA) is 78.6 Å². The average Bonchev–Trinajstić information content (AvgIpc) is 2.96. The predicted octanol–water partition coefficient (Wildman–Crippen LogP) is 3.82. The van der Waals surface area contributed by atoms with Crippen molar-refractivity contribution in [3.63, 3.8) is 0 Å². The SMILES string of the molecule is COC(=O)C(CCCN(C)C)=NNC1=Nc2cccc(Cl)c2C(c2ccccc2F)=NC1. The second-order valence-corrected chi connectivity index (χ2v) is 7.81. The van der Waals surface area contributed by atoms with Gasteiger partial charge in [0.25, 0.3) is 0 Å². The maximum Gasteiger partial charge on any atom is 0.354 e. The van der Waals surface area contributed by atoms with E-state index in [1.165, 1.54) is 13.2 Å². The first kappa shape index (κ1) is 23.6. The summed E-state index contributed by atoms with van der Waals surface area (Å²) >= 11 is 6.44. The van der Waals surface area contributed by atoms with Crippen molar-refractivity contribution < 1.29 is 13.9 Å². The number of fused-ring (bicyclic) bond motifs is 1. The number of hydrogen-bond acceptors (Lipinski definition) is 7. The van der Waals surface area contributed by atoms with Gasteiger partial charge in [-0.3, -0.25) is 10.4 Å². The second-order valence-electron chi connectivity index (χ2n) is 7.41. The Labute approximate surface area is 191 Å². The highest BCUT2D eigenvalue weighted by atomic mass is 35.5. The Bertz CT molecular complexity index is 1080. The number of methoxy groups -OCH3 is 1. The summed E-state index contributed by atoms with van der Waals surface area (Å²) in [5, 5.41) is 4.65. The fourth-order valence-electron chi connectivity index (χ4n) is 3.20. The molecule has 0 amide bonds. The van der Waals surface area contributed by atoms with Gasteiger partial charge in [-0.1, -0.05) is 29.8 Å². The van der Waals surface area contributed by atoms with E-state index in [-0.39, 0.29) is 12.3 Å². The first-order valence-corrected chi connectivity index (χ1v) is 10.5. The maximum atomic E-state index is 14.5. The van der Waals surface area contributed by atoms with E-state index >= 15 is 0 Å². The first-order chi connectivity index (χ1) is 15.4.